The topological polar surface area (TPSA) is 89.0 Å². The van der Waals surface area contributed by atoms with E-state index >= 15 is 0 Å². The highest BCUT2D eigenvalue weighted by atomic mass is 35.5. The zero-order valence-corrected chi connectivity index (χ0v) is 15.5. The molecule has 3 rings (SSSR count). The number of ether oxygens (including phenoxy) is 2. The van der Waals surface area contributed by atoms with Crippen molar-refractivity contribution in [2.45, 2.75) is 6.10 Å². The van der Waals surface area contributed by atoms with Crippen LogP contribution in [0.4, 0.5) is 0 Å². The van der Waals surface area contributed by atoms with E-state index in [1.807, 2.05) is 6.07 Å². The third-order valence-corrected chi connectivity index (χ3v) is 4.14. The molecule has 1 atom stereocenters. The number of nitrogens with one attached hydrogen (secondary N) is 2. The Hall–Kier alpha value is -2.77. The van der Waals surface area contributed by atoms with Gasteiger partial charge in [0.05, 0.1) is 17.8 Å². The third kappa shape index (κ3) is 5.12. The van der Waals surface area contributed by atoms with Crippen molar-refractivity contribution in [2.75, 3.05) is 13.2 Å². The standard InChI is InChI=1S/C18H15Cl2N3O4/c19-12-6-5-11(13(20)7-12)8-22-23-17(24)9-21-18(25)16-10-26-14-3-1-2-4-15(14)27-16/h1-8,16H,9-10H2,(H,21,25)(H,23,24)/b22-8-/t16-/m1/s1. The van der Waals surface area contributed by atoms with Crippen LogP contribution in [0.3, 0.4) is 0 Å². The van der Waals surface area contributed by atoms with Gasteiger partial charge in [-0.15, -0.1) is 0 Å². The molecule has 1 aliphatic rings. The Morgan fingerprint density at radius 3 is 2.74 bits per heavy atom. The molecule has 0 aromatic heterocycles. The molecule has 2 aromatic carbocycles. The van der Waals surface area contributed by atoms with Crippen LogP contribution in [-0.2, 0) is 9.59 Å². The van der Waals surface area contributed by atoms with Crippen LogP contribution in [0.15, 0.2) is 47.6 Å². The van der Waals surface area contributed by atoms with E-state index in [9.17, 15) is 9.59 Å². The fourth-order valence-electron chi connectivity index (χ4n) is 2.25. The molecule has 0 radical (unpaired) electrons. The first-order valence-corrected chi connectivity index (χ1v) is 8.71. The second kappa shape index (κ2) is 8.75. The van der Waals surface area contributed by atoms with Gasteiger partial charge in [-0.25, -0.2) is 5.43 Å². The maximum atomic E-state index is 12.1. The Kier molecular flexibility index (Phi) is 6.16. The molecule has 1 heterocycles. The molecule has 2 amide bonds. The molecule has 0 bridgehead atoms. The first-order valence-electron chi connectivity index (χ1n) is 7.96. The summed E-state index contributed by atoms with van der Waals surface area (Å²) in [7, 11) is 0. The summed E-state index contributed by atoms with van der Waals surface area (Å²) >= 11 is 11.8. The molecule has 9 heteroatoms. The summed E-state index contributed by atoms with van der Waals surface area (Å²) in [6, 6.07) is 11.9. The molecule has 0 saturated carbocycles. The first kappa shape index (κ1) is 19.0. The van der Waals surface area contributed by atoms with Crippen LogP contribution in [0.25, 0.3) is 0 Å². The number of amides is 2. The summed E-state index contributed by atoms with van der Waals surface area (Å²) in [6.45, 7) is -0.191. The van der Waals surface area contributed by atoms with E-state index in [2.05, 4.69) is 15.8 Å². The van der Waals surface area contributed by atoms with Crippen LogP contribution < -0.4 is 20.2 Å². The van der Waals surface area contributed by atoms with Crippen molar-refractivity contribution in [3.8, 4) is 11.5 Å². The van der Waals surface area contributed by atoms with Gasteiger partial charge in [0.1, 0.15) is 6.61 Å². The van der Waals surface area contributed by atoms with Crippen molar-refractivity contribution in [3.63, 3.8) is 0 Å². The van der Waals surface area contributed by atoms with Gasteiger partial charge in [-0.05, 0) is 24.3 Å². The van der Waals surface area contributed by atoms with Crippen LogP contribution in [0, 0.1) is 0 Å². The molecule has 0 saturated heterocycles. The molecule has 27 heavy (non-hydrogen) atoms. The zero-order chi connectivity index (χ0) is 19.2. The largest absolute Gasteiger partial charge is 0.485 e. The molecule has 0 fully saturated rings. The predicted octanol–water partition coefficient (Wildman–Crippen LogP) is 2.40. The van der Waals surface area contributed by atoms with Crippen molar-refractivity contribution in [1.29, 1.82) is 0 Å². The average Bonchev–Trinajstić information content (AvgIpc) is 2.67. The second-order valence-corrected chi connectivity index (χ2v) is 6.38. The molecule has 0 spiro atoms. The lowest BCUT2D eigenvalue weighted by molar-refractivity contribution is -0.132. The van der Waals surface area contributed by atoms with E-state index in [1.54, 1.807) is 36.4 Å². The number of hydrogen-bond donors (Lipinski definition) is 2. The van der Waals surface area contributed by atoms with E-state index < -0.39 is 17.9 Å². The monoisotopic (exact) mass is 407 g/mol. The molecule has 2 aromatic rings. The van der Waals surface area contributed by atoms with Gasteiger partial charge < -0.3 is 14.8 Å². The minimum atomic E-state index is -0.830. The fraction of sp³-hybridized carbons (Fsp3) is 0.167. The molecule has 7 nitrogen and oxygen atoms in total. The number of nitrogens with zero attached hydrogens (tertiary/aromatic N) is 1. The van der Waals surface area contributed by atoms with Gasteiger partial charge in [-0.3, -0.25) is 9.59 Å². The Labute approximate surface area is 165 Å². The fourth-order valence-corrected chi connectivity index (χ4v) is 2.71. The summed E-state index contributed by atoms with van der Waals surface area (Å²) < 4.78 is 11.0. The number of benzene rings is 2. The minimum Gasteiger partial charge on any atom is -0.485 e. The van der Waals surface area contributed by atoms with E-state index in [0.717, 1.165) is 0 Å². The smallest absolute Gasteiger partial charge is 0.265 e. The number of hydrazone groups is 1. The lowest BCUT2D eigenvalue weighted by atomic mass is 10.2. The summed E-state index contributed by atoms with van der Waals surface area (Å²) in [4.78, 5) is 23.9. The minimum absolute atomic E-state index is 0.0671. The summed E-state index contributed by atoms with van der Waals surface area (Å²) in [5.41, 5.74) is 2.89. The van der Waals surface area contributed by atoms with E-state index in [-0.39, 0.29) is 13.2 Å². The number of hydrogen-bond acceptors (Lipinski definition) is 5. The van der Waals surface area contributed by atoms with Gasteiger partial charge in [0, 0.05) is 10.6 Å². The van der Waals surface area contributed by atoms with Crippen LogP contribution in [0.1, 0.15) is 5.56 Å². The lowest BCUT2D eigenvalue weighted by Crippen LogP contribution is -2.46. The van der Waals surface area contributed by atoms with Gasteiger partial charge in [0.25, 0.3) is 11.8 Å². The van der Waals surface area contributed by atoms with Crippen molar-refractivity contribution in [1.82, 2.24) is 10.7 Å². The average molecular weight is 408 g/mol. The number of fused-ring (bicyclic) bond motifs is 1. The quantitative estimate of drug-likeness (QED) is 0.588. The van der Waals surface area contributed by atoms with Crippen molar-refractivity contribution in [3.05, 3.63) is 58.1 Å². The summed E-state index contributed by atoms with van der Waals surface area (Å²) in [5.74, 6) is 0.110. The van der Waals surface area contributed by atoms with Crippen LogP contribution in [0.5, 0.6) is 11.5 Å². The van der Waals surface area contributed by atoms with Crippen LogP contribution >= 0.6 is 23.2 Å². The second-order valence-electron chi connectivity index (χ2n) is 5.54. The van der Waals surface area contributed by atoms with Gasteiger partial charge >= 0.3 is 0 Å². The Balaban J connectivity index is 1.45. The molecule has 140 valence electrons. The number of carbonyl (C=O) groups excluding carboxylic acids is 2. The van der Waals surface area contributed by atoms with Crippen LogP contribution in [0.2, 0.25) is 10.0 Å². The Morgan fingerprint density at radius 1 is 1.19 bits per heavy atom. The summed E-state index contributed by atoms with van der Waals surface area (Å²) in [5, 5.41) is 7.18. The van der Waals surface area contributed by atoms with Gasteiger partial charge in [0.2, 0.25) is 6.10 Å². The van der Waals surface area contributed by atoms with E-state index in [4.69, 9.17) is 32.7 Å². The highest BCUT2D eigenvalue weighted by Gasteiger charge is 2.27. The summed E-state index contributed by atoms with van der Waals surface area (Å²) in [6.07, 6.45) is 0.553. The third-order valence-electron chi connectivity index (χ3n) is 3.58. The van der Waals surface area contributed by atoms with E-state index in [0.29, 0.717) is 27.1 Å². The van der Waals surface area contributed by atoms with Crippen LogP contribution in [-0.4, -0.2) is 37.3 Å². The predicted molar refractivity (Wildman–Crippen MR) is 102 cm³/mol. The Bertz CT molecular complexity index is 889. The van der Waals surface area contributed by atoms with Crippen molar-refractivity contribution in [2.24, 2.45) is 5.10 Å². The highest BCUT2D eigenvalue weighted by Crippen LogP contribution is 2.30. The van der Waals surface area contributed by atoms with Gasteiger partial charge in [0.15, 0.2) is 11.5 Å². The van der Waals surface area contributed by atoms with Gasteiger partial charge in [-0.2, -0.15) is 5.10 Å². The molecule has 2 N–H and O–H groups in total. The number of rotatable bonds is 5. The van der Waals surface area contributed by atoms with E-state index in [1.165, 1.54) is 6.21 Å². The lowest BCUT2D eigenvalue weighted by Gasteiger charge is -2.25. The normalized spacial score (nSPS) is 15.4. The number of halogens is 2. The van der Waals surface area contributed by atoms with Gasteiger partial charge in [-0.1, -0.05) is 41.4 Å². The SMILES string of the molecule is O=C(CNC(=O)[C@H]1COc2ccccc2O1)N/N=C\c1ccc(Cl)cc1Cl. The number of carbonyl (C=O) groups is 2. The molecule has 1 aliphatic heterocycles. The highest BCUT2D eigenvalue weighted by molar-refractivity contribution is 6.36. The first-order chi connectivity index (χ1) is 13.0. The Morgan fingerprint density at radius 2 is 1.96 bits per heavy atom. The number of para-hydroxylation sites is 2. The molecular weight excluding hydrogens is 393 g/mol. The molecule has 0 unspecified atom stereocenters. The maximum Gasteiger partial charge on any atom is 0.265 e. The zero-order valence-electron chi connectivity index (χ0n) is 13.9. The maximum absolute atomic E-state index is 12.1. The van der Waals surface area contributed by atoms with Crippen molar-refractivity contribution >= 4 is 41.2 Å². The van der Waals surface area contributed by atoms with Crippen molar-refractivity contribution < 1.29 is 19.1 Å². The molecular formula is C18H15Cl2N3O4. The molecule has 0 aliphatic carbocycles.